The number of amides is 1. The molecule has 1 aliphatic rings. The number of halogens is 2. The Balaban J connectivity index is 0.00000242. The Bertz CT molecular complexity index is 499. The first-order valence-corrected chi connectivity index (χ1v) is 7.42. The molecule has 1 aromatic rings. The van der Waals surface area contributed by atoms with Gasteiger partial charge < -0.3 is 15.4 Å². The van der Waals surface area contributed by atoms with Gasteiger partial charge in [-0.25, -0.2) is 4.39 Å². The topological polar surface area (TPSA) is 50.4 Å². The molecule has 1 fully saturated rings. The quantitative estimate of drug-likeness (QED) is 0.871. The number of methoxy groups -OCH3 is 1. The summed E-state index contributed by atoms with van der Waals surface area (Å²) in [4.78, 5) is 12.0. The number of hydrogen-bond acceptors (Lipinski definition) is 3. The molecule has 0 aliphatic carbocycles. The molecule has 0 saturated carbocycles. The highest BCUT2D eigenvalue weighted by atomic mass is 35.5. The van der Waals surface area contributed by atoms with Crippen molar-refractivity contribution in [3.8, 4) is 5.75 Å². The molecule has 6 heteroatoms. The van der Waals surface area contributed by atoms with E-state index in [2.05, 4.69) is 17.6 Å². The molecule has 22 heavy (non-hydrogen) atoms. The summed E-state index contributed by atoms with van der Waals surface area (Å²) in [6.07, 6.45) is 1.98. The van der Waals surface area contributed by atoms with E-state index in [1.54, 1.807) is 12.1 Å². The van der Waals surface area contributed by atoms with Crippen LogP contribution < -0.4 is 15.4 Å². The molecule has 2 N–H and O–H groups in total. The van der Waals surface area contributed by atoms with Crippen molar-refractivity contribution < 1.29 is 13.9 Å². The fourth-order valence-electron chi connectivity index (χ4n) is 2.59. The van der Waals surface area contributed by atoms with E-state index in [9.17, 15) is 9.18 Å². The van der Waals surface area contributed by atoms with Gasteiger partial charge >= 0.3 is 0 Å². The second-order valence-electron chi connectivity index (χ2n) is 5.61. The molecule has 2 rings (SSSR count). The van der Waals surface area contributed by atoms with E-state index in [0.29, 0.717) is 18.8 Å². The van der Waals surface area contributed by atoms with E-state index in [0.717, 1.165) is 25.1 Å². The van der Waals surface area contributed by atoms with E-state index in [4.69, 9.17) is 4.74 Å². The zero-order valence-corrected chi connectivity index (χ0v) is 13.8. The number of ether oxygens (including phenoxy) is 1. The van der Waals surface area contributed by atoms with Crippen LogP contribution in [0.25, 0.3) is 0 Å². The maximum Gasteiger partial charge on any atom is 0.220 e. The number of piperidine rings is 1. The van der Waals surface area contributed by atoms with Gasteiger partial charge in [0.15, 0.2) is 11.6 Å². The fourth-order valence-corrected chi connectivity index (χ4v) is 2.59. The molecule has 1 amide bonds. The van der Waals surface area contributed by atoms with Crippen LogP contribution in [0.1, 0.15) is 25.3 Å². The van der Waals surface area contributed by atoms with Crippen LogP contribution in [0, 0.1) is 11.7 Å². The normalized spacial score (nSPS) is 20.9. The molecule has 124 valence electrons. The summed E-state index contributed by atoms with van der Waals surface area (Å²) in [7, 11) is 1.44. The zero-order chi connectivity index (χ0) is 15.2. The van der Waals surface area contributed by atoms with Gasteiger partial charge in [0.25, 0.3) is 0 Å². The number of carbonyl (C=O) groups is 1. The van der Waals surface area contributed by atoms with Crippen LogP contribution in [0.2, 0.25) is 0 Å². The third kappa shape index (κ3) is 5.14. The Morgan fingerprint density at radius 3 is 2.91 bits per heavy atom. The fraction of sp³-hybridized carbons (Fsp3) is 0.562. The van der Waals surface area contributed by atoms with Crippen molar-refractivity contribution in [2.45, 2.75) is 32.2 Å². The minimum absolute atomic E-state index is 0. The smallest absolute Gasteiger partial charge is 0.220 e. The van der Waals surface area contributed by atoms with Crippen LogP contribution in [-0.4, -0.2) is 32.1 Å². The monoisotopic (exact) mass is 330 g/mol. The Hall–Kier alpha value is -1.33. The maximum absolute atomic E-state index is 13.6. The summed E-state index contributed by atoms with van der Waals surface area (Å²) in [5, 5.41) is 6.34. The first-order chi connectivity index (χ1) is 10.1. The number of rotatable bonds is 5. The van der Waals surface area contributed by atoms with Gasteiger partial charge in [0.05, 0.1) is 7.11 Å². The highest BCUT2D eigenvalue weighted by molar-refractivity contribution is 5.85. The van der Waals surface area contributed by atoms with E-state index >= 15 is 0 Å². The molecule has 0 radical (unpaired) electrons. The van der Waals surface area contributed by atoms with Gasteiger partial charge in [0.1, 0.15) is 0 Å². The maximum atomic E-state index is 13.6. The van der Waals surface area contributed by atoms with Crippen LogP contribution >= 0.6 is 12.4 Å². The summed E-state index contributed by atoms with van der Waals surface area (Å²) < 4.78 is 18.4. The minimum atomic E-state index is -0.388. The Kier molecular flexibility index (Phi) is 7.62. The Morgan fingerprint density at radius 2 is 2.27 bits per heavy atom. The second-order valence-corrected chi connectivity index (χ2v) is 5.61. The largest absolute Gasteiger partial charge is 0.494 e. The molecular formula is C16H24ClFN2O2. The van der Waals surface area contributed by atoms with Gasteiger partial charge in [-0.05, 0) is 43.0 Å². The SMILES string of the molecule is COc1ccc(CCC(=O)NC2CNCCC2C)cc1F.Cl. The van der Waals surface area contributed by atoms with Crippen molar-refractivity contribution in [3.63, 3.8) is 0 Å². The van der Waals surface area contributed by atoms with Crippen molar-refractivity contribution in [2.75, 3.05) is 20.2 Å². The van der Waals surface area contributed by atoms with E-state index in [-0.39, 0.29) is 35.9 Å². The molecule has 4 nitrogen and oxygen atoms in total. The van der Waals surface area contributed by atoms with Gasteiger partial charge in [0.2, 0.25) is 5.91 Å². The van der Waals surface area contributed by atoms with Crippen LogP contribution in [0.5, 0.6) is 5.75 Å². The van der Waals surface area contributed by atoms with Crippen molar-refractivity contribution >= 4 is 18.3 Å². The first kappa shape index (κ1) is 18.7. The van der Waals surface area contributed by atoms with Gasteiger partial charge in [-0.3, -0.25) is 4.79 Å². The van der Waals surface area contributed by atoms with Crippen LogP contribution in [0.4, 0.5) is 4.39 Å². The lowest BCUT2D eigenvalue weighted by atomic mass is 9.94. The van der Waals surface area contributed by atoms with E-state index < -0.39 is 0 Å². The minimum Gasteiger partial charge on any atom is -0.494 e. The van der Waals surface area contributed by atoms with Crippen molar-refractivity contribution in [1.82, 2.24) is 10.6 Å². The standard InChI is InChI=1S/C16H23FN2O2.ClH/c1-11-7-8-18-10-14(11)19-16(20)6-4-12-3-5-15(21-2)13(17)9-12;/h3,5,9,11,14,18H,4,6-8,10H2,1-2H3,(H,19,20);1H. The average molecular weight is 331 g/mol. The van der Waals surface area contributed by atoms with Crippen LogP contribution in [0.3, 0.4) is 0 Å². The lowest BCUT2D eigenvalue weighted by Crippen LogP contribution is -2.50. The molecule has 0 spiro atoms. The summed E-state index contributed by atoms with van der Waals surface area (Å²) in [5.41, 5.74) is 0.804. The van der Waals surface area contributed by atoms with Gasteiger partial charge in [-0.2, -0.15) is 0 Å². The molecular weight excluding hydrogens is 307 g/mol. The number of nitrogens with one attached hydrogen (secondary N) is 2. The van der Waals surface area contributed by atoms with Gasteiger partial charge in [0, 0.05) is 19.0 Å². The molecule has 0 aromatic heterocycles. The zero-order valence-electron chi connectivity index (χ0n) is 13.0. The van der Waals surface area contributed by atoms with Crippen molar-refractivity contribution in [2.24, 2.45) is 5.92 Å². The van der Waals surface area contributed by atoms with Crippen molar-refractivity contribution in [3.05, 3.63) is 29.6 Å². The summed E-state index contributed by atoms with van der Waals surface area (Å²) in [5.74, 6) is 0.353. The molecule has 1 saturated heterocycles. The average Bonchev–Trinajstić information content (AvgIpc) is 2.48. The number of aryl methyl sites for hydroxylation is 1. The molecule has 1 aliphatic heterocycles. The first-order valence-electron chi connectivity index (χ1n) is 7.42. The molecule has 1 aromatic carbocycles. The predicted molar refractivity (Wildman–Crippen MR) is 87.1 cm³/mol. The molecule has 2 unspecified atom stereocenters. The lowest BCUT2D eigenvalue weighted by molar-refractivity contribution is -0.122. The number of carbonyl (C=O) groups excluding carboxylic acids is 1. The Morgan fingerprint density at radius 1 is 1.50 bits per heavy atom. The molecule has 0 bridgehead atoms. The number of benzene rings is 1. The molecule has 1 heterocycles. The second kappa shape index (κ2) is 8.96. The molecule has 2 atom stereocenters. The third-order valence-corrected chi connectivity index (χ3v) is 4.03. The van der Waals surface area contributed by atoms with Crippen LogP contribution in [-0.2, 0) is 11.2 Å². The highest BCUT2D eigenvalue weighted by Crippen LogP contribution is 2.18. The lowest BCUT2D eigenvalue weighted by Gasteiger charge is -2.30. The van der Waals surface area contributed by atoms with E-state index in [1.807, 2.05) is 0 Å². The summed E-state index contributed by atoms with van der Waals surface area (Å²) in [6.45, 7) is 3.99. The van der Waals surface area contributed by atoms with Crippen LogP contribution in [0.15, 0.2) is 18.2 Å². The predicted octanol–water partition coefficient (Wildman–Crippen LogP) is 2.30. The van der Waals surface area contributed by atoms with E-state index in [1.165, 1.54) is 13.2 Å². The van der Waals surface area contributed by atoms with Crippen molar-refractivity contribution in [1.29, 1.82) is 0 Å². The van der Waals surface area contributed by atoms with Gasteiger partial charge in [-0.1, -0.05) is 13.0 Å². The van der Waals surface area contributed by atoms with Gasteiger partial charge in [-0.15, -0.1) is 12.4 Å². The summed E-state index contributed by atoms with van der Waals surface area (Å²) in [6, 6.07) is 5.01. The summed E-state index contributed by atoms with van der Waals surface area (Å²) >= 11 is 0. The third-order valence-electron chi connectivity index (χ3n) is 4.03. The highest BCUT2D eigenvalue weighted by Gasteiger charge is 2.22. The number of hydrogen-bond donors (Lipinski definition) is 2. The Labute approximate surface area is 137 Å².